The number of nitrogens with one attached hydrogen (secondary N) is 1. The number of hydrogen-bond acceptors (Lipinski definition) is 3. The lowest BCUT2D eigenvalue weighted by molar-refractivity contribution is 0.404. The van der Waals surface area contributed by atoms with Crippen molar-refractivity contribution in [3.05, 3.63) is 0 Å². The molecule has 1 N–H and O–H groups in total. The number of nitrogens with zero attached hydrogens (tertiary/aromatic N) is 2. The van der Waals surface area contributed by atoms with Gasteiger partial charge in [0, 0.05) is 32.9 Å². The van der Waals surface area contributed by atoms with Crippen molar-refractivity contribution in [2.45, 2.75) is 26.7 Å². The first-order valence-electron chi connectivity index (χ1n) is 6.95. The number of sulfone groups is 1. The fraction of sp³-hybridized carbons (Fsp3) is 0.923. The van der Waals surface area contributed by atoms with Crippen LogP contribution in [0.4, 0.5) is 0 Å². The van der Waals surface area contributed by atoms with Crippen LogP contribution in [-0.4, -0.2) is 58.0 Å². The largest absolute Gasteiger partial charge is 0.355 e. The van der Waals surface area contributed by atoms with Crippen molar-refractivity contribution in [2.24, 2.45) is 16.8 Å². The topological polar surface area (TPSA) is 61.8 Å². The van der Waals surface area contributed by atoms with E-state index in [9.17, 15) is 8.42 Å². The summed E-state index contributed by atoms with van der Waals surface area (Å²) in [6, 6.07) is 0. The molecule has 0 aromatic rings. The monoisotopic (exact) mass is 289 g/mol. The first kappa shape index (κ1) is 16.3. The van der Waals surface area contributed by atoms with E-state index in [1.165, 1.54) is 19.1 Å². The third-order valence-electron chi connectivity index (χ3n) is 3.36. The minimum Gasteiger partial charge on any atom is -0.355 e. The number of rotatable bonds is 5. The van der Waals surface area contributed by atoms with Gasteiger partial charge >= 0.3 is 0 Å². The highest BCUT2D eigenvalue weighted by Gasteiger charge is 2.25. The van der Waals surface area contributed by atoms with Gasteiger partial charge in [0.25, 0.3) is 0 Å². The molecule has 112 valence electrons. The highest BCUT2D eigenvalue weighted by molar-refractivity contribution is 7.90. The molecule has 0 radical (unpaired) electrons. The van der Waals surface area contributed by atoms with Gasteiger partial charge in [0.2, 0.25) is 0 Å². The minimum absolute atomic E-state index is 0.148. The Bertz CT molecular complexity index is 404. The molecule has 1 unspecified atom stereocenters. The molecule has 19 heavy (non-hydrogen) atoms. The molecule has 1 rings (SSSR count). The average molecular weight is 289 g/mol. The Hall–Kier alpha value is -0.780. The third kappa shape index (κ3) is 6.27. The Labute approximate surface area is 117 Å². The standard InChI is InChI=1S/C13H27N3O2S/c1-11(2)9-12-5-7-16(10-12)13(14-3)15-6-8-19(4,17)18/h11-12H,5-10H2,1-4H3,(H,14,15). The minimum atomic E-state index is -2.91. The first-order chi connectivity index (χ1) is 8.81. The van der Waals surface area contributed by atoms with Crippen LogP contribution in [0.25, 0.3) is 0 Å². The van der Waals surface area contributed by atoms with E-state index in [1.54, 1.807) is 7.05 Å². The van der Waals surface area contributed by atoms with Gasteiger partial charge in [-0.2, -0.15) is 0 Å². The van der Waals surface area contributed by atoms with Crippen LogP contribution in [0.1, 0.15) is 26.7 Å². The zero-order chi connectivity index (χ0) is 14.5. The molecule has 0 amide bonds. The van der Waals surface area contributed by atoms with Crippen molar-refractivity contribution >= 4 is 15.8 Å². The molecule has 6 heteroatoms. The smallest absolute Gasteiger partial charge is 0.193 e. The lowest BCUT2D eigenvalue weighted by Gasteiger charge is -2.22. The number of aliphatic imine (C=N–C) groups is 1. The van der Waals surface area contributed by atoms with Gasteiger partial charge in [0.05, 0.1) is 5.75 Å². The summed E-state index contributed by atoms with van der Waals surface area (Å²) >= 11 is 0. The molecule has 5 nitrogen and oxygen atoms in total. The van der Waals surface area contributed by atoms with Crippen molar-refractivity contribution < 1.29 is 8.42 Å². The Morgan fingerprint density at radius 2 is 2.16 bits per heavy atom. The van der Waals surface area contributed by atoms with Gasteiger partial charge in [-0.3, -0.25) is 4.99 Å². The maximum atomic E-state index is 11.1. The summed E-state index contributed by atoms with van der Waals surface area (Å²) in [7, 11) is -1.17. The van der Waals surface area contributed by atoms with Gasteiger partial charge in [-0.15, -0.1) is 0 Å². The zero-order valence-electron chi connectivity index (χ0n) is 12.5. The highest BCUT2D eigenvalue weighted by atomic mass is 32.2. The fourth-order valence-corrected chi connectivity index (χ4v) is 3.04. The van der Waals surface area contributed by atoms with Gasteiger partial charge in [0.15, 0.2) is 5.96 Å². The van der Waals surface area contributed by atoms with Crippen molar-refractivity contribution in [1.29, 1.82) is 0 Å². The van der Waals surface area contributed by atoms with E-state index in [4.69, 9.17) is 0 Å². The van der Waals surface area contributed by atoms with Gasteiger partial charge in [0.1, 0.15) is 9.84 Å². The summed E-state index contributed by atoms with van der Waals surface area (Å²) in [5.74, 6) is 2.43. The lowest BCUT2D eigenvalue weighted by atomic mass is 9.97. The molecule has 0 bridgehead atoms. The van der Waals surface area contributed by atoms with Crippen molar-refractivity contribution in [3.63, 3.8) is 0 Å². The third-order valence-corrected chi connectivity index (χ3v) is 4.30. The molecule has 0 aromatic heterocycles. The van der Waals surface area contributed by atoms with Crippen LogP contribution in [-0.2, 0) is 9.84 Å². The zero-order valence-corrected chi connectivity index (χ0v) is 13.3. The Morgan fingerprint density at radius 1 is 1.47 bits per heavy atom. The maximum Gasteiger partial charge on any atom is 0.193 e. The molecule has 0 aliphatic carbocycles. The molecule has 1 saturated heterocycles. The molecular formula is C13H27N3O2S. The van der Waals surface area contributed by atoms with Gasteiger partial charge in [-0.25, -0.2) is 8.42 Å². The van der Waals surface area contributed by atoms with Crippen LogP contribution >= 0.6 is 0 Å². The lowest BCUT2D eigenvalue weighted by Crippen LogP contribution is -2.41. The van der Waals surface area contributed by atoms with Crippen molar-refractivity contribution in [2.75, 3.05) is 38.7 Å². The van der Waals surface area contributed by atoms with Gasteiger partial charge in [-0.05, 0) is 24.7 Å². The molecule has 1 aliphatic rings. The van der Waals surface area contributed by atoms with E-state index in [0.29, 0.717) is 6.54 Å². The molecule has 1 aliphatic heterocycles. The quantitative estimate of drug-likeness (QED) is 0.605. The molecular weight excluding hydrogens is 262 g/mol. The van der Waals surface area contributed by atoms with Gasteiger partial charge in [-0.1, -0.05) is 13.8 Å². The van der Waals surface area contributed by atoms with E-state index >= 15 is 0 Å². The van der Waals surface area contributed by atoms with E-state index in [0.717, 1.165) is 30.9 Å². The van der Waals surface area contributed by atoms with Gasteiger partial charge < -0.3 is 10.2 Å². The van der Waals surface area contributed by atoms with Crippen LogP contribution < -0.4 is 5.32 Å². The van der Waals surface area contributed by atoms with E-state index < -0.39 is 9.84 Å². The summed E-state index contributed by atoms with van der Waals surface area (Å²) in [5.41, 5.74) is 0. The second-order valence-corrected chi connectivity index (χ2v) is 8.09. The Balaban J connectivity index is 2.41. The Kier molecular flexibility index (Phi) is 6.10. The summed E-state index contributed by atoms with van der Waals surface area (Å²) < 4.78 is 22.2. The predicted octanol–water partition coefficient (Wildman–Crippen LogP) is 0.974. The molecule has 0 spiro atoms. The summed E-state index contributed by atoms with van der Waals surface area (Å²) in [4.78, 5) is 6.47. The molecule has 1 atom stereocenters. The maximum absolute atomic E-state index is 11.1. The highest BCUT2D eigenvalue weighted by Crippen LogP contribution is 2.23. The second kappa shape index (κ2) is 7.12. The van der Waals surface area contributed by atoms with E-state index in [1.807, 2.05) is 0 Å². The predicted molar refractivity (Wildman–Crippen MR) is 80.2 cm³/mol. The average Bonchev–Trinajstić information content (AvgIpc) is 2.70. The number of hydrogen-bond donors (Lipinski definition) is 1. The van der Waals surface area contributed by atoms with Crippen LogP contribution in [0.5, 0.6) is 0 Å². The molecule has 0 aromatic carbocycles. The number of likely N-dealkylation sites (tertiary alicyclic amines) is 1. The van der Waals surface area contributed by atoms with E-state index in [2.05, 4.69) is 29.1 Å². The second-order valence-electron chi connectivity index (χ2n) is 5.83. The van der Waals surface area contributed by atoms with E-state index in [-0.39, 0.29) is 5.75 Å². The van der Waals surface area contributed by atoms with Crippen LogP contribution in [0.15, 0.2) is 4.99 Å². The summed E-state index contributed by atoms with van der Waals surface area (Å²) in [5, 5.41) is 3.14. The summed E-state index contributed by atoms with van der Waals surface area (Å²) in [6.07, 6.45) is 3.70. The fourth-order valence-electron chi connectivity index (χ4n) is 2.56. The van der Waals surface area contributed by atoms with Crippen LogP contribution in [0.3, 0.4) is 0 Å². The van der Waals surface area contributed by atoms with Crippen molar-refractivity contribution in [1.82, 2.24) is 10.2 Å². The SMILES string of the molecule is CN=C(NCCS(C)(=O)=O)N1CCC(CC(C)C)C1. The molecule has 0 saturated carbocycles. The van der Waals surface area contributed by atoms with Crippen LogP contribution in [0.2, 0.25) is 0 Å². The molecule has 1 heterocycles. The van der Waals surface area contributed by atoms with Crippen molar-refractivity contribution in [3.8, 4) is 0 Å². The number of guanidine groups is 1. The Morgan fingerprint density at radius 3 is 2.68 bits per heavy atom. The molecule has 1 fully saturated rings. The first-order valence-corrected chi connectivity index (χ1v) is 9.01. The summed E-state index contributed by atoms with van der Waals surface area (Å²) in [6.45, 7) is 6.97. The normalized spacial score (nSPS) is 21.2. The van der Waals surface area contributed by atoms with Crippen LogP contribution in [0, 0.1) is 11.8 Å².